The van der Waals surface area contributed by atoms with Crippen molar-refractivity contribution in [3.63, 3.8) is 0 Å². The van der Waals surface area contributed by atoms with Gasteiger partial charge < -0.3 is 10.2 Å². The quantitative estimate of drug-likeness (QED) is 0.748. The molecule has 168 valence electrons. The number of hydrogen-bond donors (Lipinski definition) is 2. The molecule has 1 aromatic heterocycles. The summed E-state index contributed by atoms with van der Waals surface area (Å²) in [4.78, 5) is 32.2. The predicted molar refractivity (Wildman–Crippen MR) is 116 cm³/mol. The number of nitrogens with zero attached hydrogens (tertiary/aromatic N) is 3. The number of hydrogen-bond acceptors (Lipinski definition) is 5. The summed E-state index contributed by atoms with van der Waals surface area (Å²) in [5.74, 6) is -0.363. The molecule has 8 heteroatoms. The van der Waals surface area contributed by atoms with Gasteiger partial charge in [-0.05, 0) is 61.1 Å². The first-order valence-electron chi connectivity index (χ1n) is 11.3. The molecule has 0 spiro atoms. The molecular formula is C24H28FN5O2. The van der Waals surface area contributed by atoms with E-state index >= 15 is 0 Å². The van der Waals surface area contributed by atoms with Gasteiger partial charge in [-0.3, -0.25) is 20.0 Å². The van der Waals surface area contributed by atoms with Gasteiger partial charge in [0.05, 0.1) is 0 Å². The topological polar surface area (TPSA) is 77.6 Å². The van der Waals surface area contributed by atoms with E-state index in [0.717, 1.165) is 36.9 Å². The van der Waals surface area contributed by atoms with Crippen molar-refractivity contribution in [3.8, 4) is 0 Å². The highest BCUT2D eigenvalue weighted by atomic mass is 19.1. The lowest BCUT2D eigenvalue weighted by Gasteiger charge is -2.51. The van der Waals surface area contributed by atoms with Crippen LogP contribution in [0.25, 0.3) is 0 Å². The smallest absolute Gasteiger partial charge is 0.242 e. The van der Waals surface area contributed by atoms with Gasteiger partial charge in [-0.25, -0.2) is 9.40 Å². The number of aromatic nitrogens is 1. The Hall–Kier alpha value is -2.84. The number of amides is 2. The highest BCUT2D eigenvalue weighted by molar-refractivity contribution is 5.84. The number of hydrazine groups is 1. The van der Waals surface area contributed by atoms with Crippen LogP contribution in [-0.4, -0.2) is 51.4 Å². The molecule has 2 amide bonds. The molecule has 1 aliphatic carbocycles. The first kappa shape index (κ1) is 21.0. The molecule has 2 N–H and O–H groups in total. The van der Waals surface area contributed by atoms with Crippen LogP contribution in [0.2, 0.25) is 0 Å². The first-order chi connectivity index (χ1) is 15.6. The predicted octanol–water partition coefficient (Wildman–Crippen LogP) is 2.00. The molecule has 3 fully saturated rings. The van der Waals surface area contributed by atoms with Crippen LogP contribution in [0.5, 0.6) is 0 Å². The molecule has 0 radical (unpaired) electrons. The average molecular weight is 438 g/mol. The zero-order chi connectivity index (χ0) is 22.1. The molecule has 1 aromatic carbocycles. The Bertz CT molecular complexity index is 987. The first-order valence-corrected chi connectivity index (χ1v) is 11.3. The van der Waals surface area contributed by atoms with Gasteiger partial charge in [-0.2, -0.15) is 0 Å². The van der Waals surface area contributed by atoms with Crippen LogP contribution in [0.3, 0.4) is 0 Å². The number of pyridine rings is 1. The summed E-state index contributed by atoms with van der Waals surface area (Å²) in [6.07, 6.45) is 6.44. The van der Waals surface area contributed by atoms with E-state index in [-0.39, 0.29) is 41.7 Å². The van der Waals surface area contributed by atoms with E-state index in [1.807, 2.05) is 23.1 Å². The van der Waals surface area contributed by atoms with Crippen molar-refractivity contribution in [2.24, 2.45) is 5.92 Å². The van der Waals surface area contributed by atoms with Gasteiger partial charge >= 0.3 is 0 Å². The fourth-order valence-electron chi connectivity index (χ4n) is 5.42. The van der Waals surface area contributed by atoms with E-state index in [2.05, 4.69) is 20.7 Å². The van der Waals surface area contributed by atoms with Crippen molar-refractivity contribution in [2.75, 3.05) is 6.54 Å². The second-order valence-corrected chi connectivity index (χ2v) is 8.93. The summed E-state index contributed by atoms with van der Waals surface area (Å²) in [5.41, 5.74) is 5.18. The van der Waals surface area contributed by atoms with Gasteiger partial charge in [0.2, 0.25) is 11.8 Å². The third kappa shape index (κ3) is 4.12. The molecule has 5 rings (SSSR count). The van der Waals surface area contributed by atoms with Gasteiger partial charge in [0.1, 0.15) is 11.9 Å². The van der Waals surface area contributed by atoms with Crippen LogP contribution < -0.4 is 10.7 Å². The lowest BCUT2D eigenvalue weighted by atomic mass is 9.78. The highest BCUT2D eigenvalue weighted by Gasteiger charge is 2.51. The van der Waals surface area contributed by atoms with Crippen LogP contribution in [0.1, 0.15) is 36.8 Å². The number of carbonyl (C=O) groups excluding carboxylic acids is 2. The SMILES string of the molecule is O=C(NCc1ccncc1)C1CCC2C(C1)N(Cc1cccc(F)c1)C(=O)C1CCNN12. The summed E-state index contributed by atoms with van der Waals surface area (Å²) >= 11 is 0. The van der Waals surface area contributed by atoms with Crippen molar-refractivity contribution < 1.29 is 14.0 Å². The zero-order valence-corrected chi connectivity index (χ0v) is 17.9. The van der Waals surface area contributed by atoms with E-state index in [4.69, 9.17) is 0 Å². The number of nitrogens with one attached hydrogen (secondary N) is 2. The normalized spacial score (nSPS) is 27.7. The van der Waals surface area contributed by atoms with E-state index in [1.54, 1.807) is 18.5 Å². The van der Waals surface area contributed by atoms with Crippen molar-refractivity contribution in [3.05, 3.63) is 65.7 Å². The fraction of sp³-hybridized carbons (Fsp3) is 0.458. The minimum absolute atomic E-state index is 0.0231. The second kappa shape index (κ2) is 8.96. The minimum Gasteiger partial charge on any atom is -0.352 e. The molecule has 3 aliphatic rings. The van der Waals surface area contributed by atoms with Crippen molar-refractivity contribution in [2.45, 2.75) is 56.9 Å². The summed E-state index contributed by atoms with van der Waals surface area (Å²) in [6, 6.07) is 10.1. The van der Waals surface area contributed by atoms with Crippen LogP contribution in [0.15, 0.2) is 48.8 Å². The van der Waals surface area contributed by atoms with Crippen LogP contribution in [0, 0.1) is 11.7 Å². The second-order valence-electron chi connectivity index (χ2n) is 8.93. The van der Waals surface area contributed by atoms with Gasteiger partial charge in [-0.15, -0.1) is 0 Å². The number of benzene rings is 1. The standard InChI is InChI=1S/C24H28FN5O2/c25-19-3-1-2-17(12-19)15-29-22-13-18(23(31)27-14-16-6-9-26-10-7-16)4-5-20(22)30-21(24(29)32)8-11-28-30/h1-3,6-7,9-10,12,18,20-22,28H,4-5,8,11,13-15H2,(H,27,31). The Balaban J connectivity index is 1.33. The van der Waals surface area contributed by atoms with Gasteiger partial charge in [0.25, 0.3) is 0 Å². The Kier molecular flexibility index (Phi) is 5.89. The van der Waals surface area contributed by atoms with Gasteiger partial charge in [0, 0.05) is 50.0 Å². The molecule has 2 aromatic rings. The average Bonchev–Trinajstić information content (AvgIpc) is 3.31. The summed E-state index contributed by atoms with van der Waals surface area (Å²) < 4.78 is 13.8. The fourth-order valence-corrected chi connectivity index (χ4v) is 5.42. The third-order valence-corrected chi connectivity index (χ3v) is 6.98. The number of rotatable bonds is 5. The van der Waals surface area contributed by atoms with Crippen molar-refractivity contribution in [1.29, 1.82) is 0 Å². The number of halogens is 1. The Morgan fingerprint density at radius 3 is 2.78 bits per heavy atom. The molecule has 1 saturated carbocycles. The lowest BCUT2D eigenvalue weighted by molar-refractivity contribution is -0.157. The van der Waals surface area contributed by atoms with Crippen LogP contribution in [0.4, 0.5) is 4.39 Å². The molecule has 32 heavy (non-hydrogen) atoms. The van der Waals surface area contributed by atoms with Gasteiger partial charge in [0.15, 0.2) is 0 Å². The molecule has 7 nitrogen and oxygen atoms in total. The van der Waals surface area contributed by atoms with E-state index < -0.39 is 0 Å². The van der Waals surface area contributed by atoms with Crippen LogP contribution in [-0.2, 0) is 22.7 Å². The van der Waals surface area contributed by atoms with Crippen molar-refractivity contribution >= 4 is 11.8 Å². The maximum absolute atomic E-state index is 13.8. The maximum atomic E-state index is 13.8. The monoisotopic (exact) mass is 437 g/mol. The van der Waals surface area contributed by atoms with E-state index in [9.17, 15) is 14.0 Å². The molecule has 2 saturated heterocycles. The molecule has 0 bridgehead atoms. The molecular weight excluding hydrogens is 409 g/mol. The summed E-state index contributed by atoms with van der Waals surface area (Å²) in [7, 11) is 0. The summed E-state index contributed by atoms with van der Waals surface area (Å²) in [5, 5.41) is 5.17. The Morgan fingerprint density at radius 1 is 1.12 bits per heavy atom. The Labute approximate surface area is 187 Å². The third-order valence-electron chi connectivity index (χ3n) is 6.98. The minimum atomic E-state index is -0.301. The van der Waals surface area contributed by atoms with Crippen molar-refractivity contribution in [1.82, 2.24) is 25.6 Å². The summed E-state index contributed by atoms with van der Waals surface area (Å²) in [6.45, 7) is 1.62. The zero-order valence-electron chi connectivity index (χ0n) is 17.9. The lowest BCUT2D eigenvalue weighted by Crippen LogP contribution is -2.68. The van der Waals surface area contributed by atoms with E-state index in [0.29, 0.717) is 19.5 Å². The largest absolute Gasteiger partial charge is 0.352 e. The maximum Gasteiger partial charge on any atom is 0.242 e. The number of piperazine rings is 1. The highest BCUT2D eigenvalue weighted by Crippen LogP contribution is 2.38. The molecule has 4 unspecified atom stereocenters. The molecule has 4 atom stereocenters. The molecule has 2 aliphatic heterocycles. The number of carbonyl (C=O) groups is 2. The molecule has 3 heterocycles. The Morgan fingerprint density at radius 2 is 1.97 bits per heavy atom. The van der Waals surface area contributed by atoms with Gasteiger partial charge in [-0.1, -0.05) is 12.1 Å². The number of fused-ring (bicyclic) bond motifs is 3. The van der Waals surface area contributed by atoms with E-state index in [1.165, 1.54) is 12.1 Å². The van der Waals surface area contributed by atoms with Crippen LogP contribution >= 0.6 is 0 Å².